The Hall–Kier alpha value is -2.32. The third-order valence-corrected chi connectivity index (χ3v) is 2.76. The van der Waals surface area contributed by atoms with E-state index in [0.717, 1.165) is 0 Å². The monoisotopic (exact) mass is 261 g/mol. The van der Waals surface area contributed by atoms with Gasteiger partial charge in [0.05, 0.1) is 28.0 Å². The van der Waals surface area contributed by atoms with Crippen molar-refractivity contribution in [2.45, 2.75) is 6.92 Å². The number of carbonyl (C=O) groups is 1. The molecule has 1 aromatic heterocycles. The van der Waals surface area contributed by atoms with E-state index in [-0.39, 0.29) is 5.56 Å². The Balaban J connectivity index is 2.53. The van der Waals surface area contributed by atoms with Gasteiger partial charge in [-0.3, -0.25) is 0 Å². The van der Waals surface area contributed by atoms with Crippen molar-refractivity contribution in [3.8, 4) is 11.8 Å². The zero-order valence-electron chi connectivity index (χ0n) is 9.38. The van der Waals surface area contributed by atoms with Crippen molar-refractivity contribution in [2.24, 2.45) is 0 Å². The molecule has 0 spiro atoms. The summed E-state index contributed by atoms with van der Waals surface area (Å²) < 4.78 is 1.39. The van der Waals surface area contributed by atoms with Crippen LogP contribution in [0.15, 0.2) is 24.4 Å². The van der Waals surface area contributed by atoms with Crippen molar-refractivity contribution >= 4 is 17.6 Å². The lowest BCUT2D eigenvalue weighted by Crippen LogP contribution is -1.97. The highest BCUT2D eigenvalue weighted by Gasteiger charge is 2.14. The van der Waals surface area contributed by atoms with Gasteiger partial charge in [0.1, 0.15) is 5.56 Å². The SMILES string of the molecule is Cc1nn(-c2ccc(C#N)cc2Cl)cc1C(=O)O. The molecule has 2 rings (SSSR count). The maximum absolute atomic E-state index is 10.9. The predicted octanol–water partition coefficient (Wildman–Crippen LogP) is 2.40. The van der Waals surface area contributed by atoms with Gasteiger partial charge in [0.15, 0.2) is 0 Å². The predicted molar refractivity (Wildman–Crippen MR) is 65.0 cm³/mol. The first-order chi connectivity index (χ1) is 8.52. The number of aromatic nitrogens is 2. The highest BCUT2D eigenvalue weighted by Crippen LogP contribution is 2.22. The summed E-state index contributed by atoms with van der Waals surface area (Å²) in [4.78, 5) is 10.9. The second-order valence-corrected chi connectivity index (χ2v) is 4.06. The van der Waals surface area contributed by atoms with E-state index in [0.29, 0.717) is 22.0 Å². The van der Waals surface area contributed by atoms with E-state index in [1.54, 1.807) is 19.1 Å². The molecule has 1 N–H and O–H groups in total. The molecule has 1 aromatic carbocycles. The summed E-state index contributed by atoms with van der Waals surface area (Å²) in [7, 11) is 0. The summed E-state index contributed by atoms with van der Waals surface area (Å²) in [5.41, 5.74) is 1.50. The van der Waals surface area contributed by atoms with Gasteiger partial charge >= 0.3 is 5.97 Å². The van der Waals surface area contributed by atoms with E-state index in [1.807, 2.05) is 6.07 Å². The molecular formula is C12H8ClN3O2. The fourth-order valence-electron chi connectivity index (χ4n) is 1.56. The van der Waals surface area contributed by atoms with E-state index in [9.17, 15) is 4.79 Å². The van der Waals surface area contributed by atoms with Crippen molar-refractivity contribution in [2.75, 3.05) is 0 Å². The molecule has 0 aliphatic heterocycles. The fourth-order valence-corrected chi connectivity index (χ4v) is 1.82. The highest BCUT2D eigenvalue weighted by molar-refractivity contribution is 6.32. The number of nitriles is 1. The van der Waals surface area contributed by atoms with Crippen molar-refractivity contribution in [3.63, 3.8) is 0 Å². The summed E-state index contributed by atoms with van der Waals surface area (Å²) in [5, 5.41) is 22.1. The zero-order chi connectivity index (χ0) is 13.3. The lowest BCUT2D eigenvalue weighted by Gasteiger charge is -2.03. The van der Waals surface area contributed by atoms with E-state index >= 15 is 0 Å². The molecule has 0 saturated carbocycles. The molecule has 1 heterocycles. The first-order valence-electron chi connectivity index (χ1n) is 5.02. The molecule has 0 bridgehead atoms. The molecule has 6 heteroatoms. The van der Waals surface area contributed by atoms with Crippen LogP contribution < -0.4 is 0 Å². The van der Waals surface area contributed by atoms with Crippen molar-refractivity contribution in [1.82, 2.24) is 9.78 Å². The highest BCUT2D eigenvalue weighted by atomic mass is 35.5. The number of aryl methyl sites for hydroxylation is 1. The van der Waals surface area contributed by atoms with Crippen LogP contribution in [0.1, 0.15) is 21.6 Å². The molecule has 0 radical (unpaired) electrons. The third-order valence-electron chi connectivity index (χ3n) is 2.45. The van der Waals surface area contributed by atoms with Gasteiger partial charge in [0.25, 0.3) is 0 Å². The summed E-state index contributed by atoms with van der Waals surface area (Å²) in [6, 6.07) is 6.70. The van der Waals surface area contributed by atoms with Gasteiger partial charge < -0.3 is 5.11 Å². The average Bonchev–Trinajstić information content (AvgIpc) is 2.71. The van der Waals surface area contributed by atoms with Crippen molar-refractivity contribution in [1.29, 1.82) is 5.26 Å². The quantitative estimate of drug-likeness (QED) is 0.900. The minimum atomic E-state index is -1.04. The Bertz CT molecular complexity index is 670. The summed E-state index contributed by atoms with van der Waals surface area (Å²) in [6.07, 6.45) is 1.39. The molecule has 2 aromatic rings. The Labute approximate surface area is 108 Å². The molecule has 0 unspecified atom stereocenters. The minimum Gasteiger partial charge on any atom is -0.478 e. The molecule has 90 valence electrons. The number of carboxylic acids is 1. The summed E-state index contributed by atoms with van der Waals surface area (Å²) in [5.74, 6) is -1.04. The Morgan fingerprint density at radius 2 is 2.28 bits per heavy atom. The van der Waals surface area contributed by atoms with Crippen LogP contribution in [0.25, 0.3) is 5.69 Å². The van der Waals surface area contributed by atoms with Gasteiger partial charge in [-0.25, -0.2) is 9.48 Å². The van der Waals surface area contributed by atoms with Gasteiger partial charge in [-0.05, 0) is 25.1 Å². The van der Waals surface area contributed by atoms with Gasteiger partial charge in [-0.15, -0.1) is 0 Å². The largest absolute Gasteiger partial charge is 0.478 e. The van der Waals surface area contributed by atoms with Crippen molar-refractivity contribution in [3.05, 3.63) is 46.2 Å². The van der Waals surface area contributed by atoms with Crippen LogP contribution in [0.2, 0.25) is 5.02 Å². The lowest BCUT2D eigenvalue weighted by atomic mass is 10.2. The normalized spacial score (nSPS) is 10.1. The molecule has 0 saturated heterocycles. The van der Waals surface area contributed by atoms with Crippen LogP contribution in [-0.2, 0) is 0 Å². The number of rotatable bonds is 2. The number of benzene rings is 1. The number of hydrogen-bond donors (Lipinski definition) is 1. The lowest BCUT2D eigenvalue weighted by molar-refractivity contribution is 0.0696. The van der Waals surface area contributed by atoms with Crippen LogP contribution in [0.4, 0.5) is 0 Å². The molecule has 18 heavy (non-hydrogen) atoms. The third kappa shape index (κ3) is 2.06. The Kier molecular flexibility index (Phi) is 3.04. The van der Waals surface area contributed by atoms with Crippen LogP contribution in [0, 0.1) is 18.3 Å². The standard InChI is InChI=1S/C12H8ClN3O2/c1-7-9(12(17)18)6-16(15-7)11-3-2-8(5-14)4-10(11)13/h2-4,6H,1H3,(H,17,18). The number of aromatic carboxylic acids is 1. The van der Waals surface area contributed by atoms with E-state index in [4.69, 9.17) is 22.0 Å². The number of halogens is 1. The maximum Gasteiger partial charge on any atom is 0.339 e. The van der Waals surface area contributed by atoms with Gasteiger partial charge in [0, 0.05) is 6.20 Å². The van der Waals surface area contributed by atoms with Crippen LogP contribution in [0.5, 0.6) is 0 Å². The first-order valence-corrected chi connectivity index (χ1v) is 5.40. The first kappa shape index (κ1) is 12.1. The Morgan fingerprint density at radius 3 is 2.78 bits per heavy atom. The molecule has 5 nitrogen and oxygen atoms in total. The maximum atomic E-state index is 10.9. The van der Waals surface area contributed by atoms with Gasteiger partial charge in [-0.2, -0.15) is 10.4 Å². The topological polar surface area (TPSA) is 78.9 Å². The second-order valence-electron chi connectivity index (χ2n) is 3.66. The summed E-state index contributed by atoms with van der Waals surface area (Å²) >= 11 is 6.02. The smallest absolute Gasteiger partial charge is 0.339 e. The second kappa shape index (κ2) is 4.51. The number of hydrogen-bond acceptors (Lipinski definition) is 3. The molecule has 0 aliphatic rings. The molecule has 0 amide bonds. The minimum absolute atomic E-state index is 0.121. The fraction of sp³-hybridized carbons (Fsp3) is 0.0833. The summed E-state index contributed by atoms with van der Waals surface area (Å²) in [6.45, 7) is 1.61. The number of carboxylic acid groups (broad SMARTS) is 1. The molecule has 0 aliphatic carbocycles. The van der Waals surface area contributed by atoms with E-state index in [1.165, 1.54) is 16.9 Å². The van der Waals surface area contributed by atoms with Crippen LogP contribution in [-0.4, -0.2) is 20.9 Å². The average molecular weight is 262 g/mol. The zero-order valence-corrected chi connectivity index (χ0v) is 10.1. The van der Waals surface area contributed by atoms with E-state index in [2.05, 4.69) is 5.10 Å². The molecule has 0 atom stereocenters. The van der Waals surface area contributed by atoms with E-state index < -0.39 is 5.97 Å². The molecule has 0 fully saturated rings. The number of nitrogens with zero attached hydrogens (tertiary/aromatic N) is 3. The molecular weight excluding hydrogens is 254 g/mol. The van der Waals surface area contributed by atoms with Crippen LogP contribution >= 0.6 is 11.6 Å². The Morgan fingerprint density at radius 1 is 1.56 bits per heavy atom. The van der Waals surface area contributed by atoms with Crippen LogP contribution in [0.3, 0.4) is 0 Å². The van der Waals surface area contributed by atoms with Gasteiger partial charge in [0.2, 0.25) is 0 Å². The van der Waals surface area contributed by atoms with Crippen molar-refractivity contribution < 1.29 is 9.90 Å². The van der Waals surface area contributed by atoms with Gasteiger partial charge in [-0.1, -0.05) is 11.6 Å².